The third kappa shape index (κ3) is 4.47. The summed E-state index contributed by atoms with van der Waals surface area (Å²) in [6, 6.07) is 15.1. The van der Waals surface area contributed by atoms with E-state index in [9.17, 15) is 19.8 Å². The van der Waals surface area contributed by atoms with E-state index in [2.05, 4.69) is 0 Å². The zero-order valence-corrected chi connectivity index (χ0v) is 21.1. The fourth-order valence-corrected chi connectivity index (χ4v) is 4.57. The molecule has 1 unspecified atom stereocenters. The number of hydrogen-bond acceptors (Lipinski definition) is 8. The Morgan fingerprint density at radius 1 is 1.05 bits per heavy atom. The van der Waals surface area contributed by atoms with E-state index in [1.807, 2.05) is 13.8 Å². The van der Waals surface area contributed by atoms with Crippen molar-refractivity contribution in [1.29, 1.82) is 0 Å². The molecule has 2 aliphatic rings. The number of rotatable bonds is 7. The standard InChI is InChI=1S/C29H27NO8/c1-4-35-23-13-17(8-10-21(23)31)26-25(27(32)18-6-5-7-20(12-18)38-16(2)3)28(33)29(34)30(26)19-9-11-22-24(14-19)37-15-36-22/h5-14,16,26,31-32H,4,15H2,1-3H3/b27-25+. The van der Waals surface area contributed by atoms with Crippen LogP contribution in [0.15, 0.2) is 66.2 Å². The summed E-state index contributed by atoms with van der Waals surface area (Å²) in [6.45, 7) is 5.87. The highest BCUT2D eigenvalue weighted by Gasteiger charge is 2.47. The number of aliphatic hydroxyl groups excluding tert-OH is 1. The number of aliphatic hydroxyl groups is 1. The SMILES string of the molecule is CCOc1cc(C2/C(=C(\O)c3cccc(OC(C)C)c3)C(=O)C(=O)N2c2ccc3c(c2)OCO3)ccc1O. The molecule has 196 valence electrons. The lowest BCUT2D eigenvalue weighted by Gasteiger charge is -2.26. The van der Waals surface area contributed by atoms with Crippen LogP contribution >= 0.6 is 0 Å². The summed E-state index contributed by atoms with van der Waals surface area (Å²) in [6.07, 6.45) is -0.0991. The average molecular weight is 518 g/mol. The number of phenolic OH excluding ortho intramolecular Hbond substituents is 1. The van der Waals surface area contributed by atoms with Crippen LogP contribution in [0.2, 0.25) is 0 Å². The largest absolute Gasteiger partial charge is 0.507 e. The van der Waals surface area contributed by atoms with E-state index in [1.165, 1.54) is 11.0 Å². The molecule has 0 saturated carbocycles. The number of aromatic hydroxyl groups is 1. The van der Waals surface area contributed by atoms with Crippen molar-refractivity contribution < 1.29 is 38.7 Å². The van der Waals surface area contributed by atoms with Crippen LogP contribution in [0, 0.1) is 0 Å². The van der Waals surface area contributed by atoms with Crippen molar-refractivity contribution in [3.8, 4) is 28.7 Å². The molecule has 9 heteroatoms. The number of phenols is 1. The molecule has 0 radical (unpaired) electrons. The molecule has 1 fully saturated rings. The number of ketones is 1. The van der Waals surface area contributed by atoms with E-state index >= 15 is 0 Å². The molecule has 3 aromatic rings. The monoisotopic (exact) mass is 517 g/mol. The van der Waals surface area contributed by atoms with Crippen molar-refractivity contribution in [2.45, 2.75) is 32.9 Å². The average Bonchev–Trinajstić information content (AvgIpc) is 3.46. The van der Waals surface area contributed by atoms with Gasteiger partial charge in [0.2, 0.25) is 6.79 Å². The second kappa shape index (κ2) is 10.0. The van der Waals surface area contributed by atoms with Gasteiger partial charge in [0.15, 0.2) is 23.0 Å². The normalized spacial score (nSPS) is 17.8. The zero-order valence-electron chi connectivity index (χ0n) is 21.1. The first-order valence-corrected chi connectivity index (χ1v) is 12.2. The second-order valence-electron chi connectivity index (χ2n) is 9.06. The van der Waals surface area contributed by atoms with Crippen LogP contribution < -0.4 is 23.8 Å². The number of benzene rings is 3. The van der Waals surface area contributed by atoms with E-state index < -0.39 is 17.7 Å². The van der Waals surface area contributed by atoms with Gasteiger partial charge in [-0.1, -0.05) is 18.2 Å². The van der Waals surface area contributed by atoms with Crippen molar-refractivity contribution in [2.75, 3.05) is 18.3 Å². The second-order valence-corrected chi connectivity index (χ2v) is 9.06. The molecule has 5 rings (SSSR count). The first kappa shape index (κ1) is 25.0. The Hall–Kier alpha value is -4.66. The van der Waals surface area contributed by atoms with Gasteiger partial charge in [-0.3, -0.25) is 14.5 Å². The minimum absolute atomic E-state index is 0.0471. The lowest BCUT2D eigenvalue weighted by Crippen LogP contribution is -2.29. The molecule has 0 aromatic heterocycles. The Kier molecular flexibility index (Phi) is 6.59. The molecule has 3 aromatic carbocycles. The highest BCUT2D eigenvalue weighted by molar-refractivity contribution is 6.51. The molecule has 2 N–H and O–H groups in total. The third-order valence-electron chi connectivity index (χ3n) is 6.16. The summed E-state index contributed by atoms with van der Waals surface area (Å²) in [5.41, 5.74) is 1.05. The summed E-state index contributed by atoms with van der Waals surface area (Å²) in [4.78, 5) is 28.3. The quantitative estimate of drug-likeness (QED) is 0.258. The van der Waals surface area contributed by atoms with Crippen LogP contribution in [0.1, 0.15) is 37.9 Å². The number of ether oxygens (including phenoxy) is 4. The van der Waals surface area contributed by atoms with Crippen molar-refractivity contribution in [2.24, 2.45) is 0 Å². The molecule has 1 atom stereocenters. The van der Waals surface area contributed by atoms with Gasteiger partial charge < -0.3 is 29.2 Å². The predicted molar refractivity (Wildman–Crippen MR) is 139 cm³/mol. The van der Waals surface area contributed by atoms with Crippen LogP contribution in [-0.2, 0) is 9.59 Å². The number of carbonyl (C=O) groups excluding carboxylic acids is 2. The predicted octanol–water partition coefficient (Wildman–Crippen LogP) is 4.93. The van der Waals surface area contributed by atoms with E-state index in [0.717, 1.165) is 0 Å². The van der Waals surface area contributed by atoms with Gasteiger partial charge in [0.25, 0.3) is 11.7 Å². The first-order chi connectivity index (χ1) is 18.3. The van der Waals surface area contributed by atoms with Gasteiger partial charge in [-0.05, 0) is 62.7 Å². The molecule has 1 amide bonds. The Labute approximate surface area is 219 Å². The smallest absolute Gasteiger partial charge is 0.300 e. The maximum atomic E-state index is 13.5. The fourth-order valence-electron chi connectivity index (χ4n) is 4.57. The van der Waals surface area contributed by atoms with Crippen molar-refractivity contribution in [3.63, 3.8) is 0 Å². The molecule has 1 saturated heterocycles. The van der Waals surface area contributed by atoms with Gasteiger partial charge in [0.05, 0.1) is 24.3 Å². The number of anilines is 1. The van der Waals surface area contributed by atoms with Crippen LogP contribution in [-0.4, -0.2) is 41.4 Å². The van der Waals surface area contributed by atoms with Crippen LogP contribution in [0.5, 0.6) is 28.7 Å². The first-order valence-electron chi connectivity index (χ1n) is 12.2. The summed E-state index contributed by atoms with van der Waals surface area (Å²) in [7, 11) is 0. The molecule has 0 aliphatic carbocycles. The zero-order chi connectivity index (χ0) is 27.0. The number of Topliss-reactive ketones (excluding diaryl/α,β-unsaturated/α-hetero) is 1. The number of fused-ring (bicyclic) bond motifs is 1. The minimum Gasteiger partial charge on any atom is -0.507 e. The van der Waals surface area contributed by atoms with Crippen molar-refractivity contribution in [3.05, 3.63) is 77.4 Å². The van der Waals surface area contributed by atoms with Crippen molar-refractivity contribution >= 4 is 23.1 Å². The Bertz CT molecular complexity index is 1440. The van der Waals surface area contributed by atoms with Crippen molar-refractivity contribution in [1.82, 2.24) is 0 Å². The van der Waals surface area contributed by atoms with Crippen LogP contribution in [0.25, 0.3) is 5.76 Å². The molecular weight excluding hydrogens is 490 g/mol. The summed E-state index contributed by atoms with van der Waals surface area (Å²) < 4.78 is 22.2. The highest BCUT2D eigenvalue weighted by atomic mass is 16.7. The molecular formula is C29H27NO8. The molecule has 0 spiro atoms. The van der Waals surface area contributed by atoms with E-state index in [-0.39, 0.29) is 35.7 Å². The van der Waals surface area contributed by atoms with Crippen LogP contribution in [0.3, 0.4) is 0 Å². The Morgan fingerprint density at radius 3 is 2.61 bits per heavy atom. The van der Waals surface area contributed by atoms with Crippen LogP contribution in [0.4, 0.5) is 5.69 Å². The van der Waals surface area contributed by atoms with Gasteiger partial charge in [-0.15, -0.1) is 0 Å². The topological polar surface area (TPSA) is 115 Å². The highest BCUT2D eigenvalue weighted by Crippen LogP contribution is 2.46. The lowest BCUT2D eigenvalue weighted by molar-refractivity contribution is -0.132. The summed E-state index contributed by atoms with van der Waals surface area (Å²) in [5, 5.41) is 21.7. The van der Waals surface area contributed by atoms with Gasteiger partial charge in [0, 0.05) is 17.3 Å². The number of nitrogens with zero attached hydrogens (tertiary/aromatic N) is 1. The number of carbonyl (C=O) groups is 2. The summed E-state index contributed by atoms with van der Waals surface area (Å²) >= 11 is 0. The maximum absolute atomic E-state index is 13.5. The minimum atomic E-state index is -1.02. The molecule has 2 aliphatic heterocycles. The molecule has 9 nitrogen and oxygen atoms in total. The van der Waals surface area contributed by atoms with Gasteiger partial charge in [0.1, 0.15) is 11.5 Å². The number of hydrogen-bond donors (Lipinski definition) is 2. The van der Waals surface area contributed by atoms with Gasteiger partial charge in [-0.25, -0.2) is 0 Å². The van der Waals surface area contributed by atoms with Gasteiger partial charge >= 0.3 is 0 Å². The fraction of sp³-hybridized carbons (Fsp3) is 0.241. The Balaban J connectivity index is 1.69. The summed E-state index contributed by atoms with van der Waals surface area (Å²) in [5.74, 6) is -0.467. The molecule has 38 heavy (non-hydrogen) atoms. The molecule has 2 heterocycles. The van der Waals surface area contributed by atoms with Gasteiger partial charge in [-0.2, -0.15) is 0 Å². The van der Waals surface area contributed by atoms with E-state index in [4.69, 9.17) is 18.9 Å². The Morgan fingerprint density at radius 2 is 1.84 bits per heavy atom. The van der Waals surface area contributed by atoms with E-state index in [0.29, 0.717) is 40.7 Å². The van der Waals surface area contributed by atoms with E-state index in [1.54, 1.807) is 61.5 Å². The lowest BCUT2D eigenvalue weighted by atomic mass is 9.94. The number of amides is 1. The maximum Gasteiger partial charge on any atom is 0.300 e. The molecule has 0 bridgehead atoms. The third-order valence-corrected chi connectivity index (χ3v) is 6.16.